The van der Waals surface area contributed by atoms with Crippen molar-refractivity contribution in [3.8, 4) is 0 Å². The van der Waals surface area contributed by atoms with Gasteiger partial charge in [0.1, 0.15) is 5.69 Å². The summed E-state index contributed by atoms with van der Waals surface area (Å²) in [6, 6.07) is 5.82. The van der Waals surface area contributed by atoms with Gasteiger partial charge in [-0.1, -0.05) is 6.07 Å². The molecule has 0 atom stereocenters. The molecule has 1 aromatic heterocycles. The first-order valence-corrected chi connectivity index (χ1v) is 6.08. The van der Waals surface area contributed by atoms with Gasteiger partial charge >= 0.3 is 0 Å². The van der Waals surface area contributed by atoms with Gasteiger partial charge in [0.05, 0.1) is 0 Å². The van der Waals surface area contributed by atoms with Gasteiger partial charge in [-0.2, -0.15) is 0 Å². The van der Waals surface area contributed by atoms with E-state index in [1.165, 1.54) is 0 Å². The number of pyridine rings is 1. The molecule has 1 saturated heterocycles. The van der Waals surface area contributed by atoms with Crippen LogP contribution in [0.2, 0.25) is 0 Å². The molecule has 0 unspecified atom stereocenters. The molecule has 1 fully saturated rings. The first-order valence-electron chi connectivity index (χ1n) is 6.08. The maximum Gasteiger partial charge on any atom is 0.270 e. The summed E-state index contributed by atoms with van der Waals surface area (Å²) in [7, 11) is 2.11. The third-order valence-electron chi connectivity index (χ3n) is 3.17. The maximum atomic E-state index is 12.0. The number of aryl methyl sites for hydroxylation is 1. The molecule has 17 heavy (non-hydrogen) atoms. The molecule has 4 heteroatoms. The van der Waals surface area contributed by atoms with E-state index in [9.17, 15) is 4.79 Å². The van der Waals surface area contributed by atoms with Crippen LogP contribution < -0.4 is 5.32 Å². The Hall–Kier alpha value is -1.42. The van der Waals surface area contributed by atoms with E-state index in [0.717, 1.165) is 31.6 Å². The predicted octanol–water partition coefficient (Wildman–Crippen LogP) is 1.21. The second-order valence-corrected chi connectivity index (χ2v) is 4.72. The fraction of sp³-hybridized carbons (Fsp3) is 0.538. The molecule has 0 spiro atoms. The molecule has 0 aliphatic carbocycles. The largest absolute Gasteiger partial charge is 0.348 e. The molecular formula is C13H19N3O. The van der Waals surface area contributed by atoms with Gasteiger partial charge in [-0.15, -0.1) is 0 Å². The lowest BCUT2D eigenvalue weighted by atomic mass is 10.1. The van der Waals surface area contributed by atoms with E-state index in [-0.39, 0.29) is 5.91 Å². The van der Waals surface area contributed by atoms with Crippen molar-refractivity contribution in [1.29, 1.82) is 0 Å². The van der Waals surface area contributed by atoms with Crippen molar-refractivity contribution < 1.29 is 4.79 Å². The number of hydrogen-bond donors (Lipinski definition) is 1. The normalized spacial score (nSPS) is 18.0. The minimum Gasteiger partial charge on any atom is -0.348 e. The van der Waals surface area contributed by atoms with E-state index < -0.39 is 0 Å². The van der Waals surface area contributed by atoms with Crippen molar-refractivity contribution in [2.24, 2.45) is 0 Å². The number of aromatic nitrogens is 1. The van der Waals surface area contributed by atoms with E-state index >= 15 is 0 Å². The molecule has 4 nitrogen and oxygen atoms in total. The van der Waals surface area contributed by atoms with Crippen LogP contribution in [0.15, 0.2) is 18.2 Å². The number of nitrogens with zero attached hydrogens (tertiary/aromatic N) is 2. The number of likely N-dealkylation sites (tertiary alicyclic amines) is 1. The van der Waals surface area contributed by atoms with Gasteiger partial charge in [0.25, 0.3) is 5.91 Å². The van der Waals surface area contributed by atoms with Crippen molar-refractivity contribution in [3.05, 3.63) is 29.6 Å². The summed E-state index contributed by atoms with van der Waals surface area (Å²) >= 11 is 0. The topological polar surface area (TPSA) is 45.2 Å². The monoisotopic (exact) mass is 233 g/mol. The number of carbonyl (C=O) groups excluding carboxylic acids is 1. The third-order valence-corrected chi connectivity index (χ3v) is 3.17. The van der Waals surface area contributed by atoms with Crippen molar-refractivity contribution in [2.75, 3.05) is 20.1 Å². The molecule has 1 N–H and O–H groups in total. The van der Waals surface area contributed by atoms with Crippen LogP contribution in [0.1, 0.15) is 29.0 Å². The van der Waals surface area contributed by atoms with Gasteiger partial charge in [0, 0.05) is 11.7 Å². The molecule has 0 aromatic carbocycles. The first-order chi connectivity index (χ1) is 8.15. The Morgan fingerprint density at radius 3 is 2.76 bits per heavy atom. The zero-order chi connectivity index (χ0) is 12.3. The van der Waals surface area contributed by atoms with E-state index in [2.05, 4.69) is 22.2 Å². The Morgan fingerprint density at radius 2 is 2.12 bits per heavy atom. The number of piperidine rings is 1. The Morgan fingerprint density at radius 1 is 1.41 bits per heavy atom. The SMILES string of the molecule is Cc1cccc(C(=O)NC2CCN(C)CC2)n1. The number of nitrogens with one attached hydrogen (secondary N) is 1. The highest BCUT2D eigenvalue weighted by atomic mass is 16.1. The Kier molecular flexibility index (Phi) is 3.74. The summed E-state index contributed by atoms with van der Waals surface area (Å²) in [6.45, 7) is 3.99. The van der Waals surface area contributed by atoms with Crippen LogP contribution >= 0.6 is 0 Å². The molecule has 0 radical (unpaired) electrons. The average molecular weight is 233 g/mol. The lowest BCUT2D eigenvalue weighted by Crippen LogP contribution is -2.43. The molecule has 92 valence electrons. The zero-order valence-corrected chi connectivity index (χ0v) is 10.4. The number of rotatable bonds is 2. The van der Waals surface area contributed by atoms with Crippen LogP contribution in [0, 0.1) is 6.92 Å². The van der Waals surface area contributed by atoms with E-state index in [1.807, 2.05) is 19.1 Å². The highest BCUT2D eigenvalue weighted by Crippen LogP contribution is 2.09. The Labute approximate surface area is 102 Å². The molecule has 2 heterocycles. The number of amides is 1. The number of carbonyl (C=O) groups is 1. The van der Waals surface area contributed by atoms with Crippen LogP contribution in [-0.4, -0.2) is 42.0 Å². The van der Waals surface area contributed by atoms with Gasteiger partial charge in [-0.25, -0.2) is 4.98 Å². The molecule has 1 aliphatic heterocycles. The maximum absolute atomic E-state index is 12.0. The second kappa shape index (κ2) is 5.27. The summed E-state index contributed by atoms with van der Waals surface area (Å²) < 4.78 is 0. The van der Waals surface area contributed by atoms with Gasteiger partial charge in [-0.05, 0) is 52.0 Å². The van der Waals surface area contributed by atoms with Crippen molar-refractivity contribution in [3.63, 3.8) is 0 Å². The van der Waals surface area contributed by atoms with Gasteiger partial charge < -0.3 is 10.2 Å². The van der Waals surface area contributed by atoms with Gasteiger partial charge in [-0.3, -0.25) is 4.79 Å². The quantitative estimate of drug-likeness (QED) is 0.835. The summed E-state index contributed by atoms with van der Waals surface area (Å²) in [5, 5.41) is 3.05. The third kappa shape index (κ3) is 3.27. The Balaban J connectivity index is 1.93. The van der Waals surface area contributed by atoms with Crippen molar-refractivity contribution in [2.45, 2.75) is 25.8 Å². The lowest BCUT2D eigenvalue weighted by molar-refractivity contribution is 0.0911. The van der Waals surface area contributed by atoms with Crippen LogP contribution in [0.3, 0.4) is 0 Å². The minimum absolute atomic E-state index is 0.0525. The zero-order valence-electron chi connectivity index (χ0n) is 10.4. The highest BCUT2D eigenvalue weighted by molar-refractivity contribution is 5.92. The standard InChI is InChI=1S/C13H19N3O/c1-10-4-3-5-12(14-10)13(17)15-11-6-8-16(2)9-7-11/h3-5,11H,6-9H2,1-2H3,(H,15,17). The smallest absolute Gasteiger partial charge is 0.270 e. The second-order valence-electron chi connectivity index (χ2n) is 4.72. The lowest BCUT2D eigenvalue weighted by Gasteiger charge is -2.29. The summed E-state index contributed by atoms with van der Waals surface area (Å²) in [5.41, 5.74) is 1.39. The number of hydrogen-bond acceptors (Lipinski definition) is 3. The van der Waals surface area contributed by atoms with Crippen molar-refractivity contribution in [1.82, 2.24) is 15.2 Å². The molecular weight excluding hydrogens is 214 g/mol. The van der Waals surface area contributed by atoms with Crippen LogP contribution in [0.25, 0.3) is 0 Å². The molecule has 0 bridgehead atoms. The molecule has 1 amide bonds. The van der Waals surface area contributed by atoms with Crippen LogP contribution in [-0.2, 0) is 0 Å². The molecule has 1 aliphatic rings. The first kappa shape index (κ1) is 12.0. The molecule has 0 saturated carbocycles. The van der Waals surface area contributed by atoms with Crippen molar-refractivity contribution >= 4 is 5.91 Å². The summed E-state index contributed by atoms with van der Waals surface area (Å²) in [5.74, 6) is -0.0525. The molecule has 1 aromatic rings. The van der Waals surface area contributed by atoms with Gasteiger partial charge in [0.2, 0.25) is 0 Å². The van der Waals surface area contributed by atoms with E-state index in [4.69, 9.17) is 0 Å². The predicted molar refractivity (Wildman–Crippen MR) is 67.0 cm³/mol. The fourth-order valence-electron chi connectivity index (χ4n) is 2.08. The van der Waals surface area contributed by atoms with Gasteiger partial charge in [0.15, 0.2) is 0 Å². The highest BCUT2D eigenvalue weighted by Gasteiger charge is 2.19. The van der Waals surface area contributed by atoms with E-state index in [0.29, 0.717) is 11.7 Å². The fourth-order valence-corrected chi connectivity index (χ4v) is 2.08. The molecule has 2 rings (SSSR count). The Bertz CT molecular complexity index is 397. The average Bonchev–Trinajstić information content (AvgIpc) is 2.32. The van der Waals surface area contributed by atoms with Crippen LogP contribution in [0.4, 0.5) is 0 Å². The summed E-state index contributed by atoms with van der Waals surface area (Å²) in [4.78, 5) is 18.5. The van der Waals surface area contributed by atoms with Crippen LogP contribution in [0.5, 0.6) is 0 Å². The minimum atomic E-state index is -0.0525. The summed E-state index contributed by atoms with van der Waals surface area (Å²) in [6.07, 6.45) is 2.04. The van der Waals surface area contributed by atoms with E-state index in [1.54, 1.807) is 6.07 Å².